The average Bonchev–Trinajstić information content (AvgIpc) is 2.79. The molecule has 4 nitrogen and oxygen atoms in total. The third kappa shape index (κ3) is 2.33. The van der Waals surface area contributed by atoms with Gasteiger partial charge in [-0.05, 0) is 17.7 Å². The molecule has 0 spiro atoms. The summed E-state index contributed by atoms with van der Waals surface area (Å²) in [6, 6.07) is 2.20. The molecule has 0 aliphatic rings. The Morgan fingerprint density at radius 3 is 2.50 bits per heavy atom. The number of aliphatic hydroxyl groups excluding tert-OH is 1. The van der Waals surface area contributed by atoms with Crippen LogP contribution in [0.2, 0.25) is 0 Å². The van der Waals surface area contributed by atoms with E-state index in [1.54, 1.807) is 0 Å². The SMILES string of the molecule is OC(c1ccc(C(F)(F)F)c(F)c1)c1cn[nH]n1. The number of rotatable bonds is 2. The monoisotopic (exact) mass is 261 g/mol. The van der Waals surface area contributed by atoms with Crippen LogP contribution in [0.1, 0.15) is 22.9 Å². The van der Waals surface area contributed by atoms with Crippen LogP contribution in [0.4, 0.5) is 17.6 Å². The summed E-state index contributed by atoms with van der Waals surface area (Å²) in [4.78, 5) is 0. The molecule has 0 radical (unpaired) electrons. The van der Waals surface area contributed by atoms with Gasteiger partial charge < -0.3 is 5.11 Å². The van der Waals surface area contributed by atoms with E-state index in [0.717, 1.165) is 6.07 Å². The Kier molecular flexibility index (Phi) is 3.04. The number of nitrogens with zero attached hydrogens (tertiary/aromatic N) is 2. The van der Waals surface area contributed by atoms with Gasteiger partial charge in [-0.15, -0.1) is 0 Å². The van der Waals surface area contributed by atoms with E-state index in [9.17, 15) is 22.7 Å². The Hall–Kier alpha value is -1.96. The average molecular weight is 261 g/mol. The highest BCUT2D eigenvalue weighted by atomic mass is 19.4. The van der Waals surface area contributed by atoms with Gasteiger partial charge in [0.05, 0.1) is 11.8 Å². The van der Waals surface area contributed by atoms with Gasteiger partial charge in [0.2, 0.25) is 0 Å². The van der Waals surface area contributed by atoms with Crippen molar-refractivity contribution in [2.24, 2.45) is 0 Å². The lowest BCUT2D eigenvalue weighted by atomic mass is 10.0. The summed E-state index contributed by atoms with van der Waals surface area (Å²) < 4.78 is 50.2. The molecule has 8 heteroatoms. The first kappa shape index (κ1) is 12.5. The number of hydrogen-bond donors (Lipinski definition) is 2. The zero-order valence-corrected chi connectivity index (χ0v) is 8.74. The predicted octanol–water partition coefficient (Wildman–Crippen LogP) is 2.04. The summed E-state index contributed by atoms with van der Waals surface area (Å²) in [6.07, 6.45) is -4.90. The second-order valence-corrected chi connectivity index (χ2v) is 3.53. The van der Waals surface area contributed by atoms with Crippen LogP contribution in [0.5, 0.6) is 0 Å². The third-order valence-electron chi connectivity index (χ3n) is 2.33. The molecule has 0 bridgehead atoms. The lowest BCUT2D eigenvalue weighted by molar-refractivity contribution is -0.140. The molecule has 2 N–H and O–H groups in total. The lowest BCUT2D eigenvalue weighted by Crippen LogP contribution is -2.09. The summed E-state index contributed by atoms with van der Waals surface area (Å²) in [5.74, 6) is -1.44. The largest absolute Gasteiger partial charge is 0.419 e. The quantitative estimate of drug-likeness (QED) is 0.813. The standard InChI is InChI=1S/C10H7F4N3O/c11-7-3-5(1-2-6(7)10(12,13)14)9(18)8-4-15-17-16-8/h1-4,9,18H,(H,15,16,17). The van der Waals surface area contributed by atoms with Gasteiger partial charge in [0.1, 0.15) is 17.6 Å². The summed E-state index contributed by atoms with van der Waals surface area (Å²) in [7, 11) is 0. The Balaban J connectivity index is 2.35. The van der Waals surface area contributed by atoms with E-state index in [0.29, 0.717) is 12.1 Å². The van der Waals surface area contributed by atoms with Gasteiger partial charge in [-0.3, -0.25) is 0 Å². The minimum absolute atomic E-state index is 0.0330. The zero-order valence-electron chi connectivity index (χ0n) is 8.74. The lowest BCUT2D eigenvalue weighted by Gasteiger charge is -2.11. The fraction of sp³-hybridized carbons (Fsp3) is 0.200. The summed E-state index contributed by atoms with van der Waals surface area (Å²) in [5, 5.41) is 19.0. The third-order valence-corrected chi connectivity index (χ3v) is 2.33. The Morgan fingerprint density at radius 1 is 1.28 bits per heavy atom. The van der Waals surface area contributed by atoms with E-state index in [4.69, 9.17) is 0 Å². The zero-order chi connectivity index (χ0) is 13.3. The van der Waals surface area contributed by atoms with Crippen molar-refractivity contribution in [1.82, 2.24) is 15.4 Å². The molecule has 2 aromatic rings. The minimum atomic E-state index is -4.76. The van der Waals surface area contributed by atoms with Gasteiger partial charge in [-0.2, -0.15) is 28.6 Å². The number of aromatic nitrogens is 3. The molecule has 96 valence electrons. The maximum atomic E-state index is 13.3. The van der Waals surface area contributed by atoms with E-state index >= 15 is 0 Å². The van der Waals surface area contributed by atoms with Gasteiger partial charge >= 0.3 is 6.18 Å². The predicted molar refractivity (Wildman–Crippen MR) is 51.8 cm³/mol. The van der Waals surface area contributed by atoms with Gasteiger partial charge in [0.25, 0.3) is 0 Å². The smallest absolute Gasteiger partial charge is 0.382 e. The number of nitrogens with one attached hydrogen (secondary N) is 1. The van der Waals surface area contributed by atoms with Gasteiger partial charge in [0, 0.05) is 0 Å². The first-order valence-electron chi connectivity index (χ1n) is 4.80. The number of halogens is 4. The van der Waals surface area contributed by atoms with Crippen molar-refractivity contribution in [3.8, 4) is 0 Å². The first-order valence-corrected chi connectivity index (χ1v) is 4.80. The minimum Gasteiger partial charge on any atom is -0.382 e. The van der Waals surface area contributed by atoms with Crippen LogP contribution in [-0.4, -0.2) is 20.5 Å². The highest BCUT2D eigenvalue weighted by Crippen LogP contribution is 2.33. The van der Waals surface area contributed by atoms with Crippen LogP contribution < -0.4 is 0 Å². The molecule has 1 unspecified atom stereocenters. The van der Waals surface area contributed by atoms with Crippen LogP contribution in [0.3, 0.4) is 0 Å². The van der Waals surface area contributed by atoms with Gasteiger partial charge in [-0.1, -0.05) is 6.07 Å². The molecule has 0 amide bonds. The number of H-pyrrole nitrogens is 1. The van der Waals surface area contributed by atoms with Crippen molar-refractivity contribution in [2.75, 3.05) is 0 Å². The highest BCUT2D eigenvalue weighted by Gasteiger charge is 2.34. The fourth-order valence-electron chi connectivity index (χ4n) is 1.44. The molecule has 0 saturated heterocycles. The van der Waals surface area contributed by atoms with E-state index < -0.39 is 23.7 Å². The molecule has 1 aromatic carbocycles. The van der Waals surface area contributed by atoms with E-state index in [1.165, 1.54) is 6.20 Å². The van der Waals surface area contributed by atoms with Gasteiger partial charge in [-0.25, -0.2) is 4.39 Å². The number of hydrogen-bond acceptors (Lipinski definition) is 3. The molecular formula is C10H7F4N3O. The number of aliphatic hydroxyl groups is 1. The number of aromatic amines is 1. The molecule has 0 aliphatic carbocycles. The van der Waals surface area contributed by atoms with Crippen LogP contribution in [-0.2, 0) is 6.18 Å². The number of benzene rings is 1. The van der Waals surface area contributed by atoms with E-state index in [2.05, 4.69) is 15.4 Å². The second-order valence-electron chi connectivity index (χ2n) is 3.53. The van der Waals surface area contributed by atoms with Crippen LogP contribution in [0.25, 0.3) is 0 Å². The normalized spacial score (nSPS) is 13.6. The molecule has 1 aromatic heterocycles. The van der Waals surface area contributed by atoms with Crippen molar-refractivity contribution >= 4 is 0 Å². The molecule has 1 atom stereocenters. The molecule has 18 heavy (non-hydrogen) atoms. The van der Waals surface area contributed by atoms with Crippen LogP contribution in [0, 0.1) is 5.82 Å². The maximum Gasteiger partial charge on any atom is 0.419 e. The molecule has 0 saturated carbocycles. The summed E-state index contributed by atoms with van der Waals surface area (Å²) >= 11 is 0. The molecule has 0 fully saturated rings. The summed E-state index contributed by atoms with van der Waals surface area (Å²) in [5.41, 5.74) is -1.32. The van der Waals surface area contributed by atoms with Crippen LogP contribution >= 0.6 is 0 Å². The molecule has 0 aliphatic heterocycles. The van der Waals surface area contributed by atoms with Crippen molar-refractivity contribution in [3.05, 3.63) is 47.0 Å². The van der Waals surface area contributed by atoms with Crippen LogP contribution in [0.15, 0.2) is 24.4 Å². The molecule has 1 heterocycles. The molecule has 2 rings (SSSR count). The Labute approximate surface area is 98.3 Å². The van der Waals surface area contributed by atoms with Crippen molar-refractivity contribution in [1.29, 1.82) is 0 Å². The summed E-state index contributed by atoms with van der Waals surface area (Å²) in [6.45, 7) is 0. The van der Waals surface area contributed by atoms with Crippen molar-refractivity contribution in [2.45, 2.75) is 12.3 Å². The van der Waals surface area contributed by atoms with Gasteiger partial charge in [0.15, 0.2) is 0 Å². The molecular weight excluding hydrogens is 254 g/mol. The Morgan fingerprint density at radius 2 is 2.00 bits per heavy atom. The second kappa shape index (κ2) is 4.37. The van der Waals surface area contributed by atoms with Crippen molar-refractivity contribution in [3.63, 3.8) is 0 Å². The maximum absolute atomic E-state index is 13.3. The topological polar surface area (TPSA) is 61.8 Å². The van der Waals surface area contributed by atoms with E-state index in [-0.39, 0.29) is 11.3 Å². The van der Waals surface area contributed by atoms with E-state index in [1.807, 2.05) is 0 Å². The number of alkyl halides is 3. The van der Waals surface area contributed by atoms with Crippen molar-refractivity contribution < 1.29 is 22.7 Å². The first-order chi connectivity index (χ1) is 8.39. The highest BCUT2D eigenvalue weighted by molar-refractivity contribution is 5.30. The fourth-order valence-corrected chi connectivity index (χ4v) is 1.44. The Bertz CT molecular complexity index is 539.